The minimum Gasteiger partial charge on any atom is -0.394 e. The van der Waals surface area contributed by atoms with Crippen molar-refractivity contribution in [2.24, 2.45) is 0 Å². The Labute approximate surface area is 192 Å². The minimum atomic E-state index is -1.45. The summed E-state index contributed by atoms with van der Waals surface area (Å²) in [6.45, 7) is 3.37. The molecule has 12 heteroatoms. The molecule has 1 aromatic carbocycles. The summed E-state index contributed by atoms with van der Waals surface area (Å²) in [4.78, 5) is 34.5. The van der Waals surface area contributed by atoms with E-state index in [1.54, 1.807) is 17.9 Å². The van der Waals surface area contributed by atoms with E-state index in [0.717, 1.165) is 11.1 Å². The van der Waals surface area contributed by atoms with Gasteiger partial charge in [0, 0.05) is 16.5 Å². The summed E-state index contributed by atoms with van der Waals surface area (Å²) in [5, 5.41) is 12.1. The Bertz CT molecular complexity index is 966. The third-order valence-corrected chi connectivity index (χ3v) is 5.55. The maximum absolute atomic E-state index is 15.1. The van der Waals surface area contributed by atoms with Crippen LogP contribution in [0.1, 0.15) is 36.7 Å². The fraction of sp³-hybridized carbons (Fsp3) is 0.350. The molecule has 3 N–H and O–H groups in total. The van der Waals surface area contributed by atoms with Crippen molar-refractivity contribution in [1.29, 1.82) is 0 Å². The first-order valence-electron chi connectivity index (χ1n) is 9.43. The van der Waals surface area contributed by atoms with E-state index in [0.29, 0.717) is 0 Å². The lowest BCUT2D eigenvalue weighted by atomic mass is 10.1. The zero-order valence-electron chi connectivity index (χ0n) is 17.5. The van der Waals surface area contributed by atoms with Crippen molar-refractivity contribution in [3.05, 3.63) is 50.5 Å². The van der Waals surface area contributed by atoms with Crippen LogP contribution in [0.5, 0.6) is 0 Å². The number of rotatable bonds is 10. The van der Waals surface area contributed by atoms with E-state index in [1.807, 2.05) is 5.48 Å². The van der Waals surface area contributed by atoms with Gasteiger partial charge in [-0.2, -0.15) is 0 Å². The predicted molar refractivity (Wildman–Crippen MR) is 120 cm³/mol. The number of aliphatic hydroxyl groups excluding tert-OH is 1. The number of anilines is 1. The molecule has 32 heavy (non-hydrogen) atoms. The summed E-state index contributed by atoms with van der Waals surface area (Å²) in [7, 11) is 0. The second kappa shape index (κ2) is 12.1. The van der Waals surface area contributed by atoms with E-state index in [4.69, 9.17) is 14.8 Å². The van der Waals surface area contributed by atoms with Gasteiger partial charge in [-0.1, -0.05) is 20.7 Å². The SMILES string of the molecule is CC(=O)N(Cc1cc(C(=O)NOCCO)c(NC2=C(F)C=IC=C2)c(F)c1F)OC(C)C. The first-order chi connectivity index (χ1) is 15.1. The first kappa shape index (κ1) is 26.0. The molecule has 0 saturated heterocycles. The Hall–Kier alpha value is -2.29. The molecule has 2 amide bonds. The summed E-state index contributed by atoms with van der Waals surface area (Å²) < 4.78 is 47.1. The molecular formula is C20H23F3IN3O5. The molecule has 0 aromatic heterocycles. The first-order valence-corrected chi connectivity index (χ1v) is 11.9. The maximum atomic E-state index is 15.1. The van der Waals surface area contributed by atoms with Gasteiger partial charge in [0.25, 0.3) is 5.91 Å². The smallest absolute Gasteiger partial charge is 0.277 e. The van der Waals surface area contributed by atoms with E-state index in [2.05, 4.69) is 5.32 Å². The maximum Gasteiger partial charge on any atom is 0.277 e. The van der Waals surface area contributed by atoms with E-state index < -0.39 is 80.5 Å². The van der Waals surface area contributed by atoms with Gasteiger partial charge in [-0.25, -0.2) is 23.7 Å². The number of benzene rings is 1. The highest BCUT2D eigenvalue weighted by Gasteiger charge is 2.26. The van der Waals surface area contributed by atoms with Gasteiger partial charge >= 0.3 is 0 Å². The van der Waals surface area contributed by atoms with E-state index >= 15 is 4.39 Å². The Balaban J connectivity index is 2.51. The van der Waals surface area contributed by atoms with Crippen molar-refractivity contribution in [3.8, 4) is 0 Å². The summed E-state index contributed by atoms with van der Waals surface area (Å²) in [5.41, 5.74) is 0.502. The monoisotopic (exact) mass is 569 g/mol. The van der Waals surface area contributed by atoms with Crippen LogP contribution >= 0.6 is 20.7 Å². The normalized spacial score (nSPS) is 13.2. The van der Waals surface area contributed by atoms with Crippen LogP contribution in [0.3, 0.4) is 0 Å². The number of hydroxylamine groups is 3. The fourth-order valence-corrected chi connectivity index (χ4v) is 3.94. The molecule has 0 unspecified atom stereocenters. The van der Waals surface area contributed by atoms with Crippen molar-refractivity contribution in [2.75, 3.05) is 18.5 Å². The molecule has 0 saturated carbocycles. The quantitative estimate of drug-likeness (QED) is 0.228. The standard InChI is InChI=1S/C20H23F3IN3O5/c1-11(2)32-27(12(3)29)10-13-8-14(20(30)26-31-7-6-28)19(18(23)17(13)22)25-16-4-5-24-9-15(16)21/h4-5,8-9,11,25,28H,6-7,10H2,1-3H3,(H,26,30). The second-order valence-electron chi connectivity index (χ2n) is 6.71. The minimum absolute atomic E-state index is 0.138. The van der Waals surface area contributed by atoms with Gasteiger partial charge in [0.15, 0.2) is 17.5 Å². The number of carbonyl (C=O) groups excluding carboxylic acids is 2. The van der Waals surface area contributed by atoms with Crippen LogP contribution in [-0.2, 0) is 21.0 Å². The number of hydrogen-bond acceptors (Lipinski definition) is 6. The summed E-state index contributed by atoms with van der Waals surface area (Å²) in [6.07, 6.45) is 0.959. The highest BCUT2D eigenvalue weighted by molar-refractivity contribution is 14.2. The molecule has 0 spiro atoms. The van der Waals surface area contributed by atoms with Crippen LogP contribution in [0, 0.1) is 11.6 Å². The molecule has 1 aromatic rings. The van der Waals surface area contributed by atoms with Crippen LogP contribution in [0.4, 0.5) is 18.9 Å². The molecule has 176 valence electrons. The van der Waals surface area contributed by atoms with Crippen molar-refractivity contribution in [3.63, 3.8) is 0 Å². The Kier molecular flexibility index (Phi) is 9.81. The Morgan fingerprint density at radius 2 is 1.97 bits per heavy atom. The van der Waals surface area contributed by atoms with Gasteiger partial charge in [-0.3, -0.25) is 19.3 Å². The number of nitrogens with zero attached hydrogens (tertiary/aromatic N) is 1. The van der Waals surface area contributed by atoms with Gasteiger partial charge in [0.05, 0.1) is 42.8 Å². The number of nitrogens with one attached hydrogen (secondary N) is 2. The van der Waals surface area contributed by atoms with Gasteiger partial charge in [0.1, 0.15) is 0 Å². The predicted octanol–water partition coefficient (Wildman–Crippen LogP) is 3.20. The Morgan fingerprint density at radius 3 is 2.56 bits per heavy atom. The van der Waals surface area contributed by atoms with Crippen LogP contribution in [-0.4, -0.2) is 45.3 Å². The van der Waals surface area contributed by atoms with Crippen LogP contribution in [0.2, 0.25) is 0 Å². The molecular weight excluding hydrogens is 546 g/mol. The van der Waals surface area contributed by atoms with Gasteiger partial charge in [-0.05, 0) is 30.1 Å². The lowest BCUT2D eigenvalue weighted by molar-refractivity contribution is -0.202. The molecule has 1 aliphatic rings. The molecule has 1 aliphatic heterocycles. The molecule has 0 radical (unpaired) electrons. The van der Waals surface area contributed by atoms with E-state index in [1.165, 1.54) is 17.0 Å². The van der Waals surface area contributed by atoms with Crippen LogP contribution < -0.4 is 10.8 Å². The van der Waals surface area contributed by atoms with Crippen LogP contribution in [0.25, 0.3) is 0 Å². The zero-order valence-corrected chi connectivity index (χ0v) is 19.7. The van der Waals surface area contributed by atoms with Gasteiger partial charge < -0.3 is 10.4 Å². The molecule has 0 bridgehead atoms. The zero-order chi connectivity index (χ0) is 23.8. The van der Waals surface area contributed by atoms with Gasteiger partial charge in [-0.15, -0.1) is 0 Å². The third-order valence-electron chi connectivity index (χ3n) is 3.87. The number of aliphatic hydroxyl groups is 1. The van der Waals surface area contributed by atoms with Crippen molar-refractivity contribution in [1.82, 2.24) is 10.5 Å². The average Bonchev–Trinajstić information content (AvgIpc) is 2.73. The fourth-order valence-electron chi connectivity index (χ4n) is 2.51. The number of carbonyl (C=O) groups is 2. The number of halogens is 4. The molecule has 0 aliphatic carbocycles. The highest BCUT2D eigenvalue weighted by Crippen LogP contribution is 2.30. The van der Waals surface area contributed by atoms with Crippen molar-refractivity contribution in [2.45, 2.75) is 33.4 Å². The van der Waals surface area contributed by atoms with Crippen molar-refractivity contribution < 1.29 is 37.5 Å². The number of allylic oxidation sites excluding steroid dienone is 2. The topological polar surface area (TPSA) is 100 Å². The average molecular weight is 569 g/mol. The van der Waals surface area contributed by atoms with Crippen molar-refractivity contribution >= 4 is 42.2 Å². The third kappa shape index (κ3) is 6.85. The highest BCUT2D eigenvalue weighted by atomic mass is 127. The van der Waals surface area contributed by atoms with E-state index in [9.17, 15) is 18.4 Å². The Morgan fingerprint density at radius 1 is 1.25 bits per heavy atom. The molecule has 8 nitrogen and oxygen atoms in total. The lowest BCUT2D eigenvalue weighted by Crippen LogP contribution is -2.32. The van der Waals surface area contributed by atoms with Crippen LogP contribution in [0.15, 0.2) is 27.7 Å². The molecule has 0 fully saturated rings. The lowest BCUT2D eigenvalue weighted by Gasteiger charge is -2.24. The largest absolute Gasteiger partial charge is 0.394 e. The molecule has 1 heterocycles. The summed E-state index contributed by atoms with van der Waals surface area (Å²) in [6, 6.07) is 1.01. The summed E-state index contributed by atoms with van der Waals surface area (Å²) in [5.74, 6) is -4.97. The van der Waals surface area contributed by atoms with E-state index in [-0.39, 0.29) is 17.9 Å². The molecule has 0 atom stereocenters. The van der Waals surface area contributed by atoms with Gasteiger partial charge in [0.2, 0.25) is 5.91 Å². The second-order valence-corrected chi connectivity index (χ2v) is 8.77. The number of amides is 2. The number of hydrogen-bond donors (Lipinski definition) is 3. The molecule has 2 rings (SSSR count). The summed E-state index contributed by atoms with van der Waals surface area (Å²) >= 11 is -0.625.